The molecule has 3 nitrogen and oxygen atoms in total. The van der Waals surface area contributed by atoms with E-state index >= 15 is 0 Å². The monoisotopic (exact) mass is 257 g/mol. The Morgan fingerprint density at radius 3 is 2.94 bits per heavy atom. The quantitative estimate of drug-likeness (QED) is 0.904. The molecule has 1 aliphatic heterocycles. The Hall–Kier alpha value is -1.13. The summed E-state index contributed by atoms with van der Waals surface area (Å²) in [5.41, 5.74) is 0.833. The van der Waals surface area contributed by atoms with Crippen molar-refractivity contribution in [2.75, 3.05) is 13.1 Å². The highest BCUT2D eigenvalue weighted by molar-refractivity contribution is 6.31. The average Bonchev–Trinajstić information content (AvgIpc) is 2.71. The predicted octanol–water partition coefficient (Wildman–Crippen LogP) is 2.39. The molecule has 5 heteroatoms. The summed E-state index contributed by atoms with van der Waals surface area (Å²) in [5.74, 6) is -1.41. The van der Waals surface area contributed by atoms with E-state index in [4.69, 9.17) is 16.7 Å². The van der Waals surface area contributed by atoms with Crippen LogP contribution >= 0.6 is 11.6 Å². The lowest BCUT2D eigenvalue weighted by molar-refractivity contribution is -0.141. The Labute approximate surface area is 104 Å². The second-order valence-electron chi connectivity index (χ2n) is 4.29. The molecule has 1 saturated heterocycles. The fourth-order valence-electron chi connectivity index (χ4n) is 2.07. The Kier molecular flexibility index (Phi) is 3.64. The number of nitrogens with zero attached hydrogens (tertiary/aromatic N) is 1. The Balaban J connectivity index is 2.00. The van der Waals surface area contributed by atoms with Crippen LogP contribution < -0.4 is 0 Å². The zero-order chi connectivity index (χ0) is 12.4. The van der Waals surface area contributed by atoms with Gasteiger partial charge in [0.2, 0.25) is 0 Å². The molecule has 17 heavy (non-hydrogen) atoms. The van der Waals surface area contributed by atoms with Crippen LogP contribution in [-0.2, 0) is 11.3 Å². The maximum atomic E-state index is 12.9. The first-order valence-corrected chi connectivity index (χ1v) is 5.83. The van der Waals surface area contributed by atoms with Gasteiger partial charge < -0.3 is 5.11 Å². The number of hydrogen-bond acceptors (Lipinski definition) is 2. The summed E-state index contributed by atoms with van der Waals surface area (Å²) in [6.45, 7) is 1.84. The molecule has 0 amide bonds. The van der Waals surface area contributed by atoms with Crippen LogP contribution in [0.2, 0.25) is 5.02 Å². The number of halogens is 2. The fraction of sp³-hybridized carbons (Fsp3) is 0.417. The van der Waals surface area contributed by atoms with Gasteiger partial charge in [0, 0.05) is 18.1 Å². The van der Waals surface area contributed by atoms with Crippen LogP contribution in [0.15, 0.2) is 18.2 Å². The van der Waals surface area contributed by atoms with Crippen molar-refractivity contribution in [1.29, 1.82) is 0 Å². The van der Waals surface area contributed by atoms with Crippen LogP contribution in [0.3, 0.4) is 0 Å². The second kappa shape index (κ2) is 5.02. The standard InChI is InChI=1S/C12H13ClFNO2/c13-11-5-10(14)2-1-8(11)6-15-4-3-9(7-15)12(16)17/h1-2,5,9H,3-4,6-7H2,(H,16,17). The maximum Gasteiger partial charge on any atom is 0.307 e. The predicted molar refractivity (Wildman–Crippen MR) is 62.4 cm³/mol. The first-order chi connectivity index (χ1) is 8.06. The minimum atomic E-state index is -0.752. The lowest BCUT2D eigenvalue weighted by Crippen LogP contribution is -2.22. The van der Waals surface area contributed by atoms with E-state index in [1.54, 1.807) is 6.07 Å². The van der Waals surface area contributed by atoms with Crippen LogP contribution in [0.4, 0.5) is 4.39 Å². The maximum absolute atomic E-state index is 12.9. The molecule has 0 saturated carbocycles. The van der Waals surface area contributed by atoms with E-state index in [9.17, 15) is 9.18 Å². The Morgan fingerprint density at radius 1 is 1.59 bits per heavy atom. The number of rotatable bonds is 3. The van der Waals surface area contributed by atoms with E-state index in [2.05, 4.69) is 0 Å². The minimum absolute atomic E-state index is 0.297. The summed E-state index contributed by atoms with van der Waals surface area (Å²) >= 11 is 5.92. The van der Waals surface area contributed by atoms with E-state index in [1.807, 2.05) is 4.90 Å². The molecule has 1 unspecified atom stereocenters. The average molecular weight is 258 g/mol. The van der Waals surface area contributed by atoms with Crippen molar-refractivity contribution >= 4 is 17.6 Å². The van der Waals surface area contributed by atoms with E-state index in [0.717, 1.165) is 12.1 Å². The third-order valence-electron chi connectivity index (χ3n) is 3.03. The van der Waals surface area contributed by atoms with Crippen molar-refractivity contribution in [2.45, 2.75) is 13.0 Å². The molecule has 1 fully saturated rings. The number of hydrogen-bond donors (Lipinski definition) is 1. The number of likely N-dealkylation sites (tertiary alicyclic amines) is 1. The lowest BCUT2D eigenvalue weighted by atomic mass is 10.1. The van der Waals surface area contributed by atoms with E-state index in [-0.39, 0.29) is 11.7 Å². The zero-order valence-corrected chi connectivity index (χ0v) is 9.95. The molecule has 0 radical (unpaired) electrons. The summed E-state index contributed by atoms with van der Waals surface area (Å²) in [6, 6.07) is 4.29. The van der Waals surface area contributed by atoms with Crippen LogP contribution in [-0.4, -0.2) is 29.1 Å². The highest BCUT2D eigenvalue weighted by Gasteiger charge is 2.28. The van der Waals surface area contributed by atoms with E-state index < -0.39 is 5.97 Å². The number of benzene rings is 1. The van der Waals surface area contributed by atoms with Crippen LogP contribution in [0.5, 0.6) is 0 Å². The first-order valence-electron chi connectivity index (χ1n) is 5.45. The molecule has 0 bridgehead atoms. The normalized spacial score (nSPS) is 20.7. The van der Waals surface area contributed by atoms with Crippen LogP contribution in [0, 0.1) is 11.7 Å². The molecule has 1 N–H and O–H groups in total. The molecule has 1 aliphatic rings. The molecular formula is C12H13ClFNO2. The fourth-order valence-corrected chi connectivity index (χ4v) is 2.30. The zero-order valence-electron chi connectivity index (χ0n) is 9.20. The first kappa shape index (κ1) is 12.3. The van der Waals surface area contributed by atoms with E-state index in [1.165, 1.54) is 12.1 Å². The highest BCUT2D eigenvalue weighted by atomic mass is 35.5. The lowest BCUT2D eigenvalue weighted by Gasteiger charge is -2.16. The van der Waals surface area contributed by atoms with Gasteiger partial charge in [-0.15, -0.1) is 0 Å². The highest BCUT2D eigenvalue weighted by Crippen LogP contribution is 2.23. The van der Waals surface area contributed by atoms with Crippen molar-refractivity contribution in [3.63, 3.8) is 0 Å². The molecule has 1 atom stereocenters. The number of carboxylic acid groups (broad SMARTS) is 1. The van der Waals surface area contributed by atoms with Gasteiger partial charge in [-0.05, 0) is 30.7 Å². The molecule has 0 aliphatic carbocycles. The molecule has 1 aromatic carbocycles. The summed E-state index contributed by atoms with van der Waals surface area (Å²) in [4.78, 5) is 12.8. The van der Waals surface area contributed by atoms with Gasteiger partial charge in [0.1, 0.15) is 5.82 Å². The number of carboxylic acids is 1. The third-order valence-corrected chi connectivity index (χ3v) is 3.38. The molecule has 2 rings (SSSR count). The Bertz CT molecular complexity index is 439. The van der Waals surface area contributed by atoms with Crippen molar-refractivity contribution < 1.29 is 14.3 Å². The summed E-state index contributed by atoms with van der Waals surface area (Å²) in [6.07, 6.45) is 0.661. The topological polar surface area (TPSA) is 40.5 Å². The van der Waals surface area contributed by atoms with Crippen molar-refractivity contribution in [1.82, 2.24) is 4.90 Å². The summed E-state index contributed by atoms with van der Waals surface area (Å²) in [5, 5.41) is 9.28. The summed E-state index contributed by atoms with van der Waals surface area (Å²) < 4.78 is 12.9. The Morgan fingerprint density at radius 2 is 2.35 bits per heavy atom. The molecule has 0 spiro atoms. The molecule has 1 aromatic rings. The van der Waals surface area contributed by atoms with Crippen molar-refractivity contribution in [3.8, 4) is 0 Å². The molecule has 0 aromatic heterocycles. The SMILES string of the molecule is O=C(O)C1CCN(Cc2ccc(F)cc2Cl)C1. The van der Waals surface area contributed by atoms with Crippen molar-refractivity contribution in [2.24, 2.45) is 5.92 Å². The van der Waals surface area contributed by atoms with Crippen LogP contribution in [0.1, 0.15) is 12.0 Å². The summed E-state index contributed by atoms with van der Waals surface area (Å²) in [7, 11) is 0. The third kappa shape index (κ3) is 2.96. The van der Waals surface area contributed by atoms with Gasteiger partial charge in [-0.3, -0.25) is 9.69 Å². The second-order valence-corrected chi connectivity index (χ2v) is 4.70. The van der Waals surface area contributed by atoms with Gasteiger partial charge in [-0.2, -0.15) is 0 Å². The number of aliphatic carboxylic acids is 1. The number of carbonyl (C=O) groups is 1. The van der Waals surface area contributed by atoms with Gasteiger partial charge in [-0.1, -0.05) is 17.7 Å². The van der Waals surface area contributed by atoms with Gasteiger partial charge in [0.25, 0.3) is 0 Å². The largest absolute Gasteiger partial charge is 0.481 e. The van der Waals surface area contributed by atoms with E-state index in [0.29, 0.717) is 24.5 Å². The van der Waals surface area contributed by atoms with Crippen molar-refractivity contribution in [3.05, 3.63) is 34.6 Å². The minimum Gasteiger partial charge on any atom is -0.481 e. The van der Waals surface area contributed by atoms with Crippen LogP contribution in [0.25, 0.3) is 0 Å². The van der Waals surface area contributed by atoms with Gasteiger partial charge in [-0.25, -0.2) is 4.39 Å². The van der Waals surface area contributed by atoms with Gasteiger partial charge in [0.15, 0.2) is 0 Å². The van der Waals surface area contributed by atoms with Gasteiger partial charge >= 0.3 is 5.97 Å². The molecular weight excluding hydrogens is 245 g/mol. The van der Waals surface area contributed by atoms with Gasteiger partial charge in [0.05, 0.1) is 5.92 Å². The molecule has 92 valence electrons. The molecule has 1 heterocycles. The smallest absolute Gasteiger partial charge is 0.307 e.